The van der Waals surface area contributed by atoms with Crippen LogP contribution in [0.3, 0.4) is 0 Å². The van der Waals surface area contributed by atoms with E-state index in [1.54, 1.807) is 0 Å². The Morgan fingerprint density at radius 2 is 1.17 bits per heavy atom. The second kappa shape index (κ2) is 5.25. The Balaban J connectivity index is 0.00000289. The van der Waals surface area contributed by atoms with Gasteiger partial charge in [-0.05, 0) is 0 Å². The molecule has 0 aliphatic carbocycles. The van der Waals surface area contributed by atoms with E-state index in [1.165, 1.54) is 0 Å². The molecule has 0 atom stereocenters. The van der Waals surface area contributed by atoms with Gasteiger partial charge < -0.3 is 10.2 Å². The summed E-state index contributed by atoms with van der Waals surface area (Å²) in [5, 5.41) is 49.5. The molecule has 0 bridgehead atoms. The number of nitro benzene ring substituents is 3. The molecule has 0 amide bonds. The predicted octanol–water partition coefficient (Wildman–Crippen LogP) is 0.820. The molecule has 0 aliphatic rings. The first-order valence-electron chi connectivity index (χ1n) is 3.79. The molecule has 0 spiro atoms. The van der Waals surface area contributed by atoms with Gasteiger partial charge in [0.25, 0.3) is 11.5 Å². The van der Waals surface area contributed by atoms with E-state index in [1.807, 2.05) is 0 Å². The first-order chi connectivity index (χ1) is 7.77. The van der Waals surface area contributed by atoms with Gasteiger partial charge in [-0.2, -0.15) is 0 Å². The molecule has 12 heteroatoms. The van der Waals surface area contributed by atoms with Crippen LogP contribution < -0.4 is 0 Å². The summed E-state index contributed by atoms with van der Waals surface area (Å²) in [7, 11) is 0. The number of nitrogens with zero attached hydrogens (tertiary/aromatic N) is 3. The smallest absolute Gasteiger partial charge is 0.366 e. The van der Waals surface area contributed by atoms with Crippen molar-refractivity contribution in [3.63, 3.8) is 0 Å². The molecule has 0 saturated carbocycles. The van der Waals surface area contributed by atoms with Gasteiger partial charge in [0.15, 0.2) is 0 Å². The van der Waals surface area contributed by atoms with Crippen LogP contribution in [0.5, 0.6) is 11.5 Å². The molecule has 11 nitrogen and oxygen atoms in total. The maximum absolute atomic E-state index is 10.4. The molecule has 0 heterocycles. The number of benzene rings is 1. The summed E-state index contributed by atoms with van der Waals surface area (Å²) in [6.07, 6.45) is 0. The number of nitro groups is 3. The molecular weight excluding hydrogens is 306 g/mol. The summed E-state index contributed by atoms with van der Waals surface area (Å²) < 4.78 is 0. The third kappa shape index (κ3) is 2.44. The van der Waals surface area contributed by atoms with Crippen molar-refractivity contribution in [3.05, 3.63) is 36.4 Å². The number of aromatic hydroxyl groups is 2. The minimum absolute atomic E-state index is 0. The fourth-order valence-corrected chi connectivity index (χ4v) is 1.07. The average Bonchev–Trinajstić information content (AvgIpc) is 2.15. The number of phenolic OH excluding ortho intramolecular Hbond substituents is 2. The van der Waals surface area contributed by atoms with Crippen LogP contribution in [0.1, 0.15) is 0 Å². The number of hydrogen-bond acceptors (Lipinski definition) is 8. The van der Waals surface area contributed by atoms with Crippen molar-refractivity contribution < 1.29 is 42.1 Å². The monoisotopic (exact) mass is 308 g/mol. The van der Waals surface area contributed by atoms with Crippen molar-refractivity contribution in [2.75, 3.05) is 0 Å². The summed E-state index contributed by atoms with van der Waals surface area (Å²) in [5.41, 5.74) is -3.95. The van der Waals surface area contributed by atoms with Crippen LogP contribution in [0.2, 0.25) is 0 Å². The van der Waals surface area contributed by atoms with Gasteiger partial charge in [-0.1, -0.05) is 0 Å². The van der Waals surface area contributed by atoms with E-state index in [-0.39, 0.29) is 23.1 Å². The van der Waals surface area contributed by atoms with Crippen molar-refractivity contribution in [3.8, 4) is 11.5 Å². The van der Waals surface area contributed by atoms with Crippen LogP contribution in [0, 0.1) is 30.3 Å². The van der Waals surface area contributed by atoms with Crippen LogP contribution in [-0.2, 0) is 17.1 Å². The van der Waals surface area contributed by atoms with Crippen LogP contribution in [0.15, 0.2) is 6.07 Å². The second-order valence-corrected chi connectivity index (χ2v) is 2.73. The van der Waals surface area contributed by atoms with Crippen LogP contribution >= 0.6 is 0 Å². The standard InChI is InChI=1S/C6H3N3O8.Cu/c10-5-2(7(12)13)1-3(8(14)15)6(11)4(5)9(16)17;/h1,10-11H;. The molecular formula is C6H3CuN3O8. The van der Waals surface area contributed by atoms with Gasteiger partial charge in [-0.25, -0.2) is 0 Å². The fraction of sp³-hybridized carbons (Fsp3) is 0. The largest absolute Gasteiger partial charge is 0.497 e. The topological polar surface area (TPSA) is 170 Å². The molecule has 1 rings (SSSR count). The van der Waals surface area contributed by atoms with Crippen molar-refractivity contribution >= 4 is 17.1 Å². The summed E-state index contributed by atoms with van der Waals surface area (Å²) in [6.45, 7) is 0. The Hall–Kier alpha value is -2.46. The summed E-state index contributed by atoms with van der Waals surface area (Å²) in [6, 6.07) is 0.234. The van der Waals surface area contributed by atoms with E-state index in [9.17, 15) is 30.3 Å². The van der Waals surface area contributed by atoms with E-state index in [0.717, 1.165) is 0 Å². The molecule has 101 valence electrons. The van der Waals surface area contributed by atoms with E-state index in [0.29, 0.717) is 0 Å². The zero-order chi connectivity index (χ0) is 13.3. The molecule has 1 aromatic rings. The van der Waals surface area contributed by atoms with Crippen LogP contribution in [-0.4, -0.2) is 25.0 Å². The average molecular weight is 309 g/mol. The predicted molar refractivity (Wildman–Crippen MR) is 49.7 cm³/mol. The van der Waals surface area contributed by atoms with Gasteiger partial charge in [0.05, 0.1) is 14.8 Å². The van der Waals surface area contributed by atoms with E-state index in [2.05, 4.69) is 0 Å². The Kier molecular flexibility index (Phi) is 4.53. The Bertz CT molecular complexity index is 506. The molecule has 18 heavy (non-hydrogen) atoms. The molecule has 2 N–H and O–H groups in total. The van der Waals surface area contributed by atoms with Crippen molar-refractivity contribution in [1.29, 1.82) is 0 Å². The zero-order valence-corrected chi connectivity index (χ0v) is 9.01. The molecule has 1 radical (unpaired) electrons. The van der Waals surface area contributed by atoms with Crippen LogP contribution in [0.4, 0.5) is 17.1 Å². The van der Waals surface area contributed by atoms with E-state index >= 15 is 0 Å². The maximum atomic E-state index is 10.4. The first-order valence-corrected chi connectivity index (χ1v) is 3.79. The third-order valence-electron chi connectivity index (χ3n) is 1.78. The van der Waals surface area contributed by atoms with Crippen molar-refractivity contribution in [2.45, 2.75) is 0 Å². The fourth-order valence-electron chi connectivity index (χ4n) is 1.07. The summed E-state index contributed by atoms with van der Waals surface area (Å²) >= 11 is 0. The molecule has 0 saturated heterocycles. The Labute approximate surface area is 108 Å². The third-order valence-corrected chi connectivity index (χ3v) is 1.78. The number of rotatable bonds is 3. The minimum Gasteiger partial charge on any atom is -0.497 e. The van der Waals surface area contributed by atoms with Gasteiger partial charge in [0.1, 0.15) is 6.07 Å². The SMILES string of the molecule is O=[N+]([O-])c1cc([N+](=O)[O-])c(O)c([N+](=O)[O-])c1O.[Cu]. The molecule has 1 aromatic carbocycles. The van der Waals surface area contributed by atoms with Crippen LogP contribution in [0.25, 0.3) is 0 Å². The second-order valence-electron chi connectivity index (χ2n) is 2.73. The van der Waals surface area contributed by atoms with E-state index in [4.69, 9.17) is 10.2 Å². The van der Waals surface area contributed by atoms with Gasteiger partial charge >= 0.3 is 17.1 Å². The molecule has 0 fully saturated rings. The first kappa shape index (κ1) is 15.5. The Morgan fingerprint density at radius 1 is 0.833 bits per heavy atom. The Morgan fingerprint density at radius 3 is 1.39 bits per heavy atom. The van der Waals surface area contributed by atoms with Gasteiger partial charge in [0, 0.05) is 17.1 Å². The number of phenols is 2. The minimum atomic E-state index is -1.48. The number of hydrogen-bond donors (Lipinski definition) is 2. The van der Waals surface area contributed by atoms with Crippen molar-refractivity contribution in [1.82, 2.24) is 0 Å². The zero-order valence-electron chi connectivity index (χ0n) is 8.06. The van der Waals surface area contributed by atoms with Gasteiger partial charge in [-0.3, -0.25) is 30.3 Å². The van der Waals surface area contributed by atoms with Crippen molar-refractivity contribution in [2.24, 2.45) is 0 Å². The van der Waals surface area contributed by atoms with E-state index < -0.39 is 43.3 Å². The molecule has 0 aliphatic heterocycles. The maximum Gasteiger partial charge on any atom is 0.366 e. The quantitative estimate of drug-likeness (QED) is 0.469. The summed E-state index contributed by atoms with van der Waals surface area (Å²) in [5.74, 6) is -2.88. The molecule has 0 unspecified atom stereocenters. The van der Waals surface area contributed by atoms with Gasteiger partial charge in [0.2, 0.25) is 0 Å². The van der Waals surface area contributed by atoms with Gasteiger partial charge in [-0.15, -0.1) is 0 Å². The normalized spacial score (nSPS) is 9.33. The summed E-state index contributed by atoms with van der Waals surface area (Å²) in [4.78, 5) is 27.4. The molecule has 0 aromatic heterocycles.